The molecule has 5 nitrogen and oxygen atoms in total. The van der Waals surface area contributed by atoms with Gasteiger partial charge in [-0.25, -0.2) is 9.79 Å². The molecule has 0 atom stereocenters. The summed E-state index contributed by atoms with van der Waals surface area (Å²) in [5, 5.41) is 0. The van der Waals surface area contributed by atoms with Crippen LogP contribution in [0.2, 0.25) is 0 Å². The minimum absolute atomic E-state index is 0.390. The first kappa shape index (κ1) is 14.8. The molecule has 1 aliphatic heterocycles. The van der Waals surface area contributed by atoms with E-state index in [-0.39, 0.29) is 0 Å². The minimum atomic E-state index is 0.390. The molecule has 108 valence electrons. The summed E-state index contributed by atoms with van der Waals surface area (Å²) in [6.07, 6.45) is 5.98. The van der Waals surface area contributed by atoms with Crippen molar-refractivity contribution < 1.29 is 14.3 Å². The van der Waals surface area contributed by atoms with Crippen molar-refractivity contribution in [2.75, 3.05) is 13.7 Å². The zero-order chi connectivity index (χ0) is 15.2. The highest BCUT2D eigenvalue weighted by Gasteiger charge is 2.20. The molecule has 1 aromatic carbocycles. The number of hydrogen-bond acceptors (Lipinski definition) is 5. The van der Waals surface area contributed by atoms with Crippen LogP contribution in [0, 0.1) is 0 Å². The third-order valence-electron chi connectivity index (χ3n) is 3.27. The van der Waals surface area contributed by atoms with E-state index >= 15 is 0 Å². The van der Waals surface area contributed by atoms with Gasteiger partial charge in [-0.1, -0.05) is 6.08 Å². The first-order chi connectivity index (χ1) is 10.2. The molecular weight excluding hydrogens is 268 g/mol. The van der Waals surface area contributed by atoms with E-state index in [0.717, 1.165) is 28.9 Å². The molecule has 0 N–H and O–H groups in total. The zero-order valence-corrected chi connectivity index (χ0v) is 12.0. The number of aliphatic imine (C=N–C) groups is 2. The number of carbonyl (C=O) groups excluding carboxylic acids is 1. The Morgan fingerprint density at radius 1 is 1.52 bits per heavy atom. The average molecular weight is 284 g/mol. The molecular formula is C16H16N2O3. The highest BCUT2D eigenvalue weighted by Crippen LogP contribution is 2.39. The molecule has 0 saturated carbocycles. The predicted octanol–water partition coefficient (Wildman–Crippen LogP) is 3.18. The Balaban J connectivity index is 2.60. The number of rotatable bonds is 5. The van der Waals surface area contributed by atoms with Crippen molar-refractivity contribution in [2.24, 2.45) is 9.98 Å². The van der Waals surface area contributed by atoms with Gasteiger partial charge in [-0.3, -0.25) is 0 Å². The Morgan fingerprint density at radius 2 is 2.33 bits per heavy atom. The maximum Gasteiger partial charge on any atom is 0.240 e. The fourth-order valence-corrected chi connectivity index (χ4v) is 2.28. The molecule has 1 aliphatic rings. The Hall–Kier alpha value is -2.65. The van der Waals surface area contributed by atoms with Crippen LogP contribution < -0.4 is 4.74 Å². The number of benzene rings is 1. The van der Waals surface area contributed by atoms with Crippen LogP contribution in [0.5, 0.6) is 5.75 Å². The summed E-state index contributed by atoms with van der Waals surface area (Å²) in [5.74, 6) is 1.15. The molecule has 0 aliphatic carbocycles. The second-order valence-corrected chi connectivity index (χ2v) is 4.33. The third-order valence-corrected chi connectivity index (χ3v) is 3.27. The number of ether oxygens (including phenoxy) is 2. The standard InChI is InChI=1S/C16H16N2O3/c1-4-11(9-15(17-2)20-3)12-5-6-14-13(7-8-21-14)16(12)18-10-19/h4-6,9H,2,7-8H2,1,3H3/b11-4+,15-9+. The fourth-order valence-electron chi connectivity index (χ4n) is 2.28. The van der Waals surface area contributed by atoms with E-state index < -0.39 is 0 Å². The Morgan fingerprint density at radius 3 is 2.95 bits per heavy atom. The largest absolute Gasteiger partial charge is 0.493 e. The van der Waals surface area contributed by atoms with Crippen molar-refractivity contribution in [1.82, 2.24) is 0 Å². The molecule has 0 spiro atoms. The molecule has 1 heterocycles. The van der Waals surface area contributed by atoms with Crippen molar-refractivity contribution in [3.63, 3.8) is 0 Å². The van der Waals surface area contributed by atoms with Gasteiger partial charge in [-0.15, -0.1) is 0 Å². The Kier molecular flexibility index (Phi) is 4.69. The number of fused-ring (bicyclic) bond motifs is 1. The van der Waals surface area contributed by atoms with Crippen molar-refractivity contribution >= 4 is 24.1 Å². The van der Waals surface area contributed by atoms with Crippen molar-refractivity contribution in [1.29, 1.82) is 0 Å². The van der Waals surface area contributed by atoms with Gasteiger partial charge in [0.15, 0.2) is 0 Å². The lowest BCUT2D eigenvalue weighted by molar-refractivity contribution is 0.289. The smallest absolute Gasteiger partial charge is 0.240 e. The highest BCUT2D eigenvalue weighted by atomic mass is 16.5. The molecule has 0 aromatic heterocycles. The van der Waals surface area contributed by atoms with Crippen molar-refractivity contribution in [3.05, 3.63) is 41.3 Å². The van der Waals surface area contributed by atoms with Gasteiger partial charge in [-0.05, 0) is 31.3 Å². The van der Waals surface area contributed by atoms with Crippen LogP contribution in [0.15, 0.2) is 40.2 Å². The predicted molar refractivity (Wildman–Crippen MR) is 81.7 cm³/mol. The van der Waals surface area contributed by atoms with Crippen LogP contribution in [0.25, 0.3) is 5.57 Å². The third kappa shape index (κ3) is 2.93. The fraction of sp³-hybridized carbons (Fsp3) is 0.250. The summed E-state index contributed by atoms with van der Waals surface area (Å²) in [7, 11) is 1.52. The maximum atomic E-state index is 10.8. The molecule has 0 amide bonds. The lowest BCUT2D eigenvalue weighted by Crippen LogP contribution is -1.90. The van der Waals surface area contributed by atoms with E-state index in [4.69, 9.17) is 9.47 Å². The van der Waals surface area contributed by atoms with E-state index in [9.17, 15) is 4.79 Å². The quantitative estimate of drug-likeness (QED) is 0.361. The molecule has 0 bridgehead atoms. The number of methoxy groups -OCH3 is 1. The van der Waals surface area contributed by atoms with Gasteiger partial charge >= 0.3 is 0 Å². The van der Waals surface area contributed by atoms with Gasteiger partial charge < -0.3 is 9.47 Å². The van der Waals surface area contributed by atoms with E-state index in [1.807, 2.05) is 25.1 Å². The summed E-state index contributed by atoms with van der Waals surface area (Å²) in [5.41, 5.74) is 3.16. The van der Waals surface area contributed by atoms with Gasteiger partial charge in [0.2, 0.25) is 12.0 Å². The monoisotopic (exact) mass is 284 g/mol. The summed E-state index contributed by atoms with van der Waals surface area (Å²) in [6.45, 7) is 5.94. The first-order valence-corrected chi connectivity index (χ1v) is 6.50. The SMILES string of the molecule is C=N/C(=C\C(=C/C)c1ccc2c(c1N=C=O)CCO2)OC. The first-order valence-electron chi connectivity index (χ1n) is 6.50. The number of allylic oxidation sites excluding steroid dienone is 3. The van der Waals surface area contributed by atoms with Crippen molar-refractivity contribution in [2.45, 2.75) is 13.3 Å². The summed E-state index contributed by atoms with van der Waals surface area (Å²) < 4.78 is 10.6. The lowest BCUT2D eigenvalue weighted by atomic mass is 9.98. The van der Waals surface area contributed by atoms with E-state index in [1.54, 1.807) is 12.2 Å². The van der Waals surface area contributed by atoms with E-state index in [2.05, 4.69) is 16.7 Å². The molecule has 1 aromatic rings. The van der Waals surface area contributed by atoms with Gasteiger partial charge in [0.1, 0.15) is 5.75 Å². The van der Waals surface area contributed by atoms with Crippen LogP contribution in [-0.4, -0.2) is 26.5 Å². The summed E-state index contributed by atoms with van der Waals surface area (Å²) in [6, 6.07) is 3.75. The van der Waals surface area contributed by atoms with Crippen molar-refractivity contribution in [3.8, 4) is 5.75 Å². The molecule has 0 radical (unpaired) electrons. The van der Waals surface area contributed by atoms with Crippen LogP contribution in [0.4, 0.5) is 5.69 Å². The summed E-state index contributed by atoms with van der Waals surface area (Å²) >= 11 is 0. The average Bonchev–Trinajstić information content (AvgIpc) is 2.99. The van der Waals surface area contributed by atoms with Gasteiger partial charge in [0.05, 0.1) is 19.4 Å². The molecule has 2 rings (SSSR count). The topological polar surface area (TPSA) is 60.2 Å². The van der Waals surface area contributed by atoms with Gasteiger partial charge in [0, 0.05) is 23.6 Å². The zero-order valence-electron chi connectivity index (χ0n) is 12.0. The van der Waals surface area contributed by atoms with Gasteiger partial charge in [-0.2, -0.15) is 4.99 Å². The van der Waals surface area contributed by atoms with Gasteiger partial charge in [0.25, 0.3) is 0 Å². The highest BCUT2D eigenvalue weighted by molar-refractivity contribution is 5.84. The molecule has 0 unspecified atom stereocenters. The minimum Gasteiger partial charge on any atom is -0.493 e. The second-order valence-electron chi connectivity index (χ2n) is 4.33. The molecule has 0 fully saturated rings. The molecule has 0 saturated heterocycles. The molecule has 21 heavy (non-hydrogen) atoms. The van der Waals surface area contributed by atoms with E-state index in [1.165, 1.54) is 7.11 Å². The van der Waals surface area contributed by atoms with Crippen LogP contribution in [0.3, 0.4) is 0 Å². The lowest BCUT2D eigenvalue weighted by Gasteiger charge is -2.10. The number of nitrogens with zero attached hydrogens (tertiary/aromatic N) is 2. The number of hydrogen-bond donors (Lipinski definition) is 0. The summed E-state index contributed by atoms with van der Waals surface area (Å²) in [4.78, 5) is 18.4. The molecule has 5 heteroatoms. The second kappa shape index (κ2) is 6.68. The maximum absolute atomic E-state index is 10.8. The van der Waals surface area contributed by atoms with Crippen LogP contribution >= 0.6 is 0 Å². The van der Waals surface area contributed by atoms with Crippen LogP contribution in [0.1, 0.15) is 18.1 Å². The number of isocyanates is 1. The Labute approximate surface area is 123 Å². The Bertz CT molecular complexity index is 668. The van der Waals surface area contributed by atoms with Crippen LogP contribution in [-0.2, 0) is 16.0 Å². The normalized spacial score (nSPS) is 14.0. The van der Waals surface area contributed by atoms with E-state index in [0.29, 0.717) is 18.2 Å².